The first-order valence-electron chi connectivity index (χ1n) is 30.9. The number of nitrogens with zero attached hydrogens (tertiary/aromatic N) is 6. The van der Waals surface area contributed by atoms with E-state index >= 15 is 0 Å². The molecule has 0 aliphatic carbocycles. The molecule has 0 spiro atoms. The van der Waals surface area contributed by atoms with Crippen molar-refractivity contribution < 1.29 is 56.1 Å². The number of ether oxygens (including phenoxy) is 4. The Morgan fingerprint density at radius 3 is 0.717 bits per heavy atom. The Hall–Kier alpha value is -9.84. The zero-order valence-corrected chi connectivity index (χ0v) is 54.4. The predicted molar refractivity (Wildman–Crippen MR) is 368 cm³/mol. The smallest absolute Gasteiger partial charge is 0.330 e. The Morgan fingerprint density at radius 1 is 0.337 bits per heavy atom. The number of nitrogens with one attached hydrogen (secondary N) is 2. The minimum atomic E-state index is -0.434. The Morgan fingerprint density at radius 2 is 0.533 bits per heavy atom. The second-order valence-corrected chi connectivity index (χ2v) is 26.0. The molecule has 3 aromatic heterocycles. The Labute approximate surface area is 540 Å². The van der Waals surface area contributed by atoms with Crippen LogP contribution in [0.2, 0.25) is 0 Å². The van der Waals surface area contributed by atoms with Crippen molar-refractivity contribution in [2.45, 2.75) is 26.2 Å². The van der Waals surface area contributed by atoms with Gasteiger partial charge in [0.15, 0.2) is 0 Å². The highest BCUT2D eigenvalue weighted by Gasteiger charge is 2.24. The fraction of sp³-hybridized carbons (Fsp3) is 0.263. The summed E-state index contributed by atoms with van der Waals surface area (Å²) in [5.74, 6) is -1.73. The Bertz CT molecular complexity index is 3620. The van der Waals surface area contributed by atoms with Gasteiger partial charge in [-0.3, -0.25) is 0 Å². The van der Waals surface area contributed by atoms with Crippen LogP contribution in [0.25, 0.3) is 90.9 Å². The van der Waals surface area contributed by atoms with Crippen molar-refractivity contribution in [2.24, 2.45) is 0 Å². The molecule has 5 heterocycles. The SMILES string of the molecule is C=CC(=O)OCC[N+](C)(C)Cc1ccc(-c2c3nc(c(-c4ccc(C[N+](C)(C)CCOC(=O)C=C)cc4)c4ccc([nH]4)c(-c4ccc(C[N+](C)(C)CCOC(=O)C=C)cc4)c4nc(c(-c5ccc(C[N+](C)(C)CCOC(=O)C=C)cc5)c5ccc2[nH]5)C=C4)C=C3)cc1. The van der Waals surface area contributed by atoms with Gasteiger partial charge in [-0.2, -0.15) is 0 Å². The van der Waals surface area contributed by atoms with E-state index < -0.39 is 23.9 Å². The predicted octanol–water partition coefficient (Wildman–Crippen LogP) is 12.5. The fourth-order valence-electron chi connectivity index (χ4n) is 11.6. The molecule has 92 heavy (non-hydrogen) atoms. The van der Waals surface area contributed by atoms with Crippen LogP contribution in [0.5, 0.6) is 0 Å². The van der Waals surface area contributed by atoms with Crippen molar-refractivity contribution in [3.05, 3.63) is 217 Å². The van der Waals surface area contributed by atoms with Crippen molar-refractivity contribution in [3.63, 3.8) is 0 Å². The quantitative estimate of drug-likeness (QED) is 0.0209. The molecule has 7 aromatic rings. The van der Waals surface area contributed by atoms with Crippen LogP contribution in [-0.4, -0.2) is 171 Å². The summed E-state index contributed by atoms with van der Waals surface area (Å²) in [5, 5.41) is 0. The van der Waals surface area contributed by atoms with Crippen molar-refractivity contribution in [1.29, 1.82) is 0 Å². The maximum atomic E-state index is 11.9. The molecule has 0 fully saturated rings. The second-order valence-electron chi connectivity index (χ2n) is 26.0. The minimum absolute atomic E-state index is 0.278. The molecule has 0 unspecified atom stereocenters. The molecule has 2 N–H and O–H groups in total. The van der Waals surface area contributed by atoms with Gasteiger partial charge in [-0.05, 0) is 70.8 Å². The number of hydrogen-bond acceptors (Lipinski definition) is 10. The van der Waals surface area contributed by atoms with Gasteiger partial charge in [-0.25, -0.2) is 29.1 Å². The molecule has 16 nitrogen and oxygen atoms in total. The number of aromatic amines is 2. The molecule has 2 aliphatic heterocycles. The molecule has 0 radical (unpaired) electrons. The first-order valence-corrected chi connectivity index (χ1v) is 30.9. The van der Waals surface area contributed by atoms with E-state index in [0.29, 0.717) is 70.3 Å². The Kier molecular flexibility index (Phi) is 21.0. The van der Waals surface area contributed by atoms with Crippen LogP contribution in [0.4, 0.5) is 0 Å². The number of fused-ring (bicyclic) bond motifs is 8. The lowest BCUT2D eigenvalue weighted by atomic mass is 10.0. The summed E-state index contributed by atoms with van der Waals surface area (Å²) in [6, 6.07) is 43.1. The molecule has 16 heteroatoms. The molecule has 0 atom stereocenters. The van der Waals surface area contributed by atoms with E-state index in [2.05, 4.69) is 238 Å². The zero-order valence-electron chi connectivity index (χ0n) is 54.4. The number of quaternary nitrogens is 4. The van der Waals surface area contributed by atoms with E-state index in [1.165, 1.54) is 24.3 Å². The molecule has 0 amide bonds. The number of likely N-dealkylation sites (N-methyl/N-ethyl adjacent to an activating group) is 4. The number of H-pyrrole nitrogens is 2. The third kappa shape index (κ3) is 17.3. The average molecular weight is 1240 g/mol. The zero-order chi connectivity index (χ0) is 65.8. The lowest BCUT2D eigenvalue weighted by Crippen LogP contribution is -2.41. The van der Waals surface area contributed by atoms with Crippen molar-refractivity contribution in [3.8, 4) is 44.5 Å². The molecule has 4 aromatic carbocycles. The van der Waals surface area contributed by atoms with Crippen LogP contribution in [0.1, 0.15) is 45.0 Å². The van der Waals surface area contributed by atoms with Gasteiger partial charge in [-0.15, -0.1) is 0 Å². The summed E-state index contributed by atoms with van der Waals surface area (Å²) >= 11 is 0. The van der Waals surface area contributed by atoms with E-state index in [1.807, 2.05) is 0 Å². The van der Waals surface area contributed by atoms with Crippen LogP contribution < -0.4 is 0 Å². The first kappa shape index (κ1) is 66.6. The number of esters is 4. The van der Waals surface area contributed by atoms with Crippen molar-refractivity contribution in [1.82, 2.24) is 19.9 Å². The third-order valence-electron chi connectivity index (χ3n) is 16.6. The average Bonchev–Trinajstić information content (AvgIpc) is 1.63. The number of carbonyl (C=O) groups excluding carboxylic acids is 4. The number of aromatic nitrogens is 4. The fourth-order valence-corrected chi connectivity index (χ4v) is 11.6. The van der Waals surface area contributed by atoms with E-state index in [9.17, 15) is 19.2 Å². The molecular weight excluding hydrogens is 1150 g/mol. The van der Waals surface area contributed by atoms with Crippen LogP contribution in [0.15, 0.2) is 172 Å². The highest BCUT2D eigenvalue weighted by atomic mass is 16.5. The van der Waals surface area contributed by atoms with Crippen LogP contribution >= 0.6 is 0 Å². The number of rotatable bonds is 28. The largest absolute Gasteiger partial charge is 0.457 e. The van der Waals surface area contributed by atoms with Crippen molar-refractivity contribution >= 4 is 70.2 Å². The van der Waals surface area contributed by atoms with Gasteiger partial charge >= 0.3 is 23.9 Å². The standard InChI is InChI=1S/C76H86N8O8/c1-13-69(85)89-45-41-81(5,6)49-53-17-25-57(26-18-53)73-61-33-35-63(77-61)74(58-27-19-54(20-28-58)50-82(7,8)42-46-90-70(86)14-2)65-37-39-67(79-65)76(60-31-23-56(24-32-60)52-84(11,12)44-48-92-72(88)16-4)68-40-38-66(80-68)75(64-36-34-62(73)78-64)59-29-21-55(22-30-59)51-83(9,10)43-47-91-71(87)15-3/h13-40,77,80H,1-4,41-52H2,5-12H3/q+4. The van der Waals surface area contributed by atoms with Gasteiger partial charge in [0.2, 0.25) is 0 Å². The van der Waals surface area contributed by atoms with E-state index in [0.717, 1.165) is 112 Å². The lowest BCUT2D eigenvalue weighted by Gasteiger charge is -2.29. The third-order valence-corrected chi connectivity index (χ3v) is 16.6. The molecule has 8 bridgehead atoms. The minimum Gasteiger partial charge on any atom is -0.457 e. The van der Waals surface area contributed by atoms with Gasteiger partial charge in [0.1, 0.15) is 78.8 Å². The molecule has 474 valence electrons. The molecule has 2 aliphatic rings. The highest BCUT2D eigenvalue weighted by molar-refractivity contribution is 6.00. The number of hydrogen-bond donors (Lipinski definition) is 2. The van der Waals surface area contributed by atoms with Gasteiger partial charge < -0.3 is 46.8 Å². The first-order chi connectivity index (χ1) is 43.9. The summed E-state index contributed by atoms with van der Waals surface area (Å²) in [6.45, 7) is 20.6. The van der Waals surface area contributed by atoms with E-state index in [4.69, 9.17) is 28.9 Å². The van der Waals surface area contributed by atoms with E-state index in [-0.39, 0.29) is 26.4 Å². The summed E-state index contributed by atoms with van der Waals surface area (Å²) in [6.07, 6.45) is 13.2. The van der Waals surface area contributed by atoms with Crippen LogP contribution in [0.3, 0.4) is 0 Å². The molecule has 0 saturated heterocycles. The molecular formula is C76H86N8O8+4. The number of benzene rings is 4. The van der Waals surface area contributed by atoms with Crippen LogP contribution in [-0.2, 0) is 64.3 Å². The van der Waals surface area contributed by atoms with Gasteiger partial charge in [0.25, 0.3) is 0 Å². The molecule has 0 saturated carbocycles. The normalized spacial score (nSPS) is 12.3. The summed E-state index contributed by atoms with van der Waals surface area (Å²) in [7, 11) is 17.0. The van der Waals surface area contributed by atoms with Gasteiger partial charge in [0.05, 0.1) is 79.2 Å². The van der Waals surface area contributed by atoms with E-state index in [1.54, 1.807) is 0 Å². The monoisotopic (exact) mass is 1240 g/mol. The van der Waals surface area contributed by atoms with Gasteiger partial charge in [0, 0.05) is 90.9 Å². The maximum Gasteiger partial charge on any atom is 0.330 e. The summed E-state index contributed by atoms with van der Waals surface area (Å²) < 4.78 is 23.9. The van der Waals surface area contributed by atoms with Crippen molar-refractivity contribution in [2.75, 3.05) is 109 Å². The topological polar surface area (TPSA) is 163 Å². The second kappa shape index (κ2) is 29.0. The Balaban J connectivity index is 1.24. The summed E-state index contributed by atoms with van der Waals surface area (Å²) in [4.78, 5) is 66.6. The highest BCUT2D eigenvalue weighted by Crippen LogP contribution is 2.39. The number of carbonyl (C=O) groups is 4. The van der Waals surface area contributed by atoms with Crippen LogP contribution in [0, 0.1) is 0 Å². The maximum absolute atomic E-state index is 11.9. The molecule has 9 rings (SSSR count). The van der Waals surface area contributed by atoms with Gasteiger partial charge in [-0.1, -0.05) is 123 Å². The lowest BCUT2D eigenvalue weighted by molar-refractivity contribution is -0.903. The summed E-state index contributed by atoms with van der Waals surface area (Å²) in [5.41, 5.74) is 18.5.